The number of anilines is 1. The van der Waals surface area contributed by atoms with E-state index in [0.29, 0.717) is 22.6 Å². The molecule has 0 bridgehead atoms. The average Bonchev–Trinajstić information content (AvgIpc) is 2.73. The predicted octanol–water partition coefficient (Wildman–Crippen LogP) is 3.80. The highest BCUT2D eigenvalue weighted by molar-refractivity contribution is 6.39. The zero-order valence-electron chi connectivity index (χ0n) is 16.3. The number of nitrogens with one attached hydrogen (secondary N) is 2. The van der Waals surface area contributed by atoms with Crippen LogP contribution in [0.2, 0.25) is 0 Å². The maximum Gasteiger partial charge on any atom is 0.329 e. The van der Waals surface area contributed by atoms with E-state index < -0.39 is 11.8 Å². The number of ether oxygens (including phenoxy) is 1. The summed E-state index contributed by atoms with van der Waals surface area (Å²) in [7, 11) is 0. The van der Waals surface area contributed by atoms with E-state index in [1.165, 1.54) is 18.3 Å². The number of carbonyl (C=O) groups excluding carboxylic acids is 2. The molecule has 0 fully saturated rings. The molecule has 30 heavy (non-hydrogen) atoms. The van der Waals surface area contributed by atoms with Gasteiger partial charge < -0.3 is 10.1 Å². The van der Waals surface area contributed by atoms with E-state index >= 15 is 0 Å². The molecule has 3 aromatic rings. The van der Waals surface area contributed by atoms with Crippen molar-refractivity contribution in [3.8, 4) is 5.75 Å². The van der Waals surface area contributed by atoms with Crippen molar-refractivity contribution in [3.63, 3.8) is 0 Å². The monoisotopic (exact) mass is 405 g/mol. The molecule has 6 nitrogen and oxygen atoms in total. The number of hydrogen-bond acceptors (Lipinski definition) is 4. The molecule has 0 aliphatic rings. The lowest BCUT2D eigenvalue weighted by Gasteiger charge is -2.09. The third-order valence-electron chi connectivity index (χ3n) is 4.05. The number of carbonyl (C=O) groups is 2. The summed E-state index contributed by atoms with van der Waals surface area (Å²) in [4.78, 5) is 23.9. The van der Waals surface area contributed by atoms with Crippen LogP contribution in [0.3, 0.4) is 0 Å². The average molecular weight is 405 g/mol. The number of amides is 2. The fourth-order valence-corrected chi connectivity index (χ4v) is 2.63. The lowest BCUT2D eigenvalue weighted by Crippen LogP contribution is -2.32. The standard InChI is InChI=1S/C23H20FN3O3/c1-16-6-4-10-20(12-16)26-22(28)23(29)27-25-14-18-8-2-3-11-21(18)30-15-17-7-5-9-19(24)13-17/h2-14H,15H2,1H3,(H,26,28)(H,27,29)/b25-14-. The van der Waals surface area contributed by atoms with Crippen LogP contribution in [-0.2, 0) is 16.2 Å². The van der Waals surface area contributed by atoms with Gasteiger partial charge in [0.25, 0.3) is 0 Å². The van der Waals surface area contributed by atoms with Gasteiger partial charge in [0.05, 0.1) is 6.21 Å². The first-order chi connectivity index (χ1) is 14.5. The topological polar surface area (TPSA) is 79.8 Å². The van der Waals surface area contributed by atoms with Gasteiger partial charge in [-0.3, -0.25) is 9.59 Å². The molecule has 2 amide bonds. The SMILES string of the molecule is Cc1cccc(NC(=O)C(=O)N/N=C\c2ccccc2OCc2cccc(F)c2)c1. The number of benzene rings is 3. The van der Waals surface area contributed by atoms with Gasteiger partial charge in [0, 0.05) is 11.3 Å². The van der Waals surface area contributed by atoms with Gasteiger partial charge in [-0.05, 0) is 54.4 Å². The van der Waals surface area contributed by atoms with Crippen LogP contribution >= 0.6 is 0 Å². The largest absolute Gasteiger partial charge is 0.488 e. The van der Waals surface area contributed by atoms with Crippen LogP contribution in [0.15, 0.2) is 77.9 Å². The summed E-state index contributed by atoms with van der Waals surface area (Å²) in [5, 5.41) is 6.33. The molecule has 0 saturated heterocycles. The van der Waals surface area contributed by atoms with Gasteiger partial charge >= 0.3 is 11.8 Å². The first-order valence-electron chi connectivity index (χ1n) is 9.18. The molecule has 0 radical (unpaired) electrons. The van der Waals surface area contributed by atoms with Crippen molar-refractivity contribution < 1.29 is 18.7 Å². The van der Waals surface area contributed by atoms with Crippen molar-refractivity contribution in [3.05, 3.63) is 95.3 Å². The van der Waals surface area contributed by atoms with Gasteiger partial charge in [0.1, 0.15) is 18.2 Å². The van der Waals surface area contributed by atoms with Gasteiger partial charge in [-0.2, -0.15) is 5.10 Å². The van der Waals surface area contributed by atoms with Gasteiger partial charge in [0.15, 0.2) is 0 Å². The minimum absolute atomic E-state index is 0.174. The Morgan fingerprint density at radius 2 is 1.80 bits per heavy atom. The molecule has 0 atom stereocenters. The summed E-state index contributed by atoms with van der Waals surface area (Å²) in [5.74, 6) is -1.55. The zero-order chi connectivity index (χ0) is 21.3. The summed E-state index contributed by atoms with van der Waals surface area (Å²) in [5.41, 5.74) is 4.94. The molecule has 0 saturated carbocycles. The fourth-order valence-electron chi connectivity index (χ4n) is 2.63. The molecule has 3 aromatic carbocycles. The lowest BCUT2D eigenvalue weighted by molar-refractivity contribution is -0.136. The minimum atomic E-state index is -0.897. The third-order valence-corrected chi connectivity index (χ3v) is 4.05. The quantitative estimate of drug-likeness (QED) is 0.372. The van der Waals surface area contributed by atoms with Gasteiger partial charge in [0.2, 0.25) is 0 Å². The maximum atomic E-state index is 13.3. The highest BCUT2D eigenvalue weighted by atomic mass is 19.1. The van der Waals surface area contributed by atoms with Crippen LogP contribution in [0.5, 0.6) is 5.75 Å². The predicted molar refractivity (Wildman–Crippen MR) is 113 cm³/mol. The molecule has 7 heteroatoms. The first kappa shape index (κ1) is 20.7. The van der Waals surface area contributed by atoms with Crippen molar-refractivity contribution in [1.29, 1.82) is 0 Å². The summed E-state index contributed by atoms with van der Waals surface area (Å²) < 4.78 is 19.0. The number of hydrazone groups is 1. The Hall–Kier alpha value is -4.00. The second kappa shape index (κ2) is 9.97. The Morgan fingerprint density at radius 1 is 1.00 bits per heavy atom. The Bertz CT molecular complexity index is 1080. The van der Waals surface area contributed by atoms with Crippen LogP contribution in [0.4, 0.5) is 10.1 Å². The fraction of sp³-hybridized carbons (Fsp3) is 0.0870. The van der Waals surface area contributed by atoms with Crippen molar-refractivity contribution in [1.82, 2.24) is 5.43 Å². The lowest BCUT2D eigenvalue weighted by atomic mass is 10.2. The van der Waals surface area contributed by atoms with E-state index in [4.69, 9.17) is 4.74 Å². The molecular weight excluding hydrogens is 385 g/mol. The number of hydrogen-bond donors (Lipinski definition) is 2. The Balaban J connectivity index is 1.58. The van der Waals surface area contributed by atoms with E-state index in [-0.39, 0.29) is 12.4 Å². The second-order valence-corrected chi connectivity index (χ2v) is 6.48. The molecule has 0 unspecified atom stereocenters. The van der Waals surface area contributed by atoms with Crippen molar-refractivity contribution >= 4 is 23.7 Å². The molecule has 152 valence electrons. The summed E-state index contributed by atoms with van der Waals surface area (Å²) in [6, 6.07) is 20.3. The maximum absolute atomic E-state index is 13.3. The van der Waals surface area contributed by atoms with Crippen LogP contribution in [0, 0.1) is 12.7 Å². The van der Waals surface area contributed by atoms with E-state index in [1.54, 1.807) is 54.6 Å². The van der Waals surface area contributed by atoms with Crippen molar-refractivity contribution in [2.75, 3.05) is 5.32 Å². The molecular formula is C23H20FN3O3. The summed E-state index contributed by atoms with van der Waals surface area (Å²) in [6.45, 7) is 2.06. The smallest absolute Gasteiger partial charge is 0.329 e. The summed E-state index contributed by atoms with van der Waals surface area (Å²) in [6.07, 6.45) is 1.37. The normalized spacial score (nSPS) is 10.6. The minimum Gasteiger partial charge on any atom is -0.488 e. The third kappa shape index (κ3) is 6.00. The molecule has 0 aromatic heterocycles. The van der Waals surface area contributed by atoms with E-state index in [1.807, 2.05) is 13.0 Å². The number of aryl methyl sites for hydroxylation is 1. The number of para-hydroxylation sites is 1. The molecule has 0 aliphatic carbocycles. The highest BCUT2D eigenvalue weighted by Crippen LogP contribution is 2.18. The van der Waals surface area contributed by atoms with Crippen LogP contribution in [0.25, 0.3) is 0 Å². The van der Waals surface area contributed by atoms with Crippen molar-refractivity contribution in [2.24, 2.45) is 5.10 Å². The van der Waals surface area contributed by atoms with E-state index in [0.717, 1.165) is 5.56 Å². The molecule has 3 rings (SSSR count). The van der Waals surface area contributed by atoms with Gasteiger partial charge in [-0.25, -0.2) is 9.82 Å². The van der Waals surface area contributed by atoms with E-state index in [9.17, 15) is 14.0 Å². The van der Waals surface area contributed by atoms with Gasteiger partial charge in [-0.1, -0.05) is 36.4 Å². The Kier molecular flexibility index (Phi) is 6.89. The number of halogens is 1. The summed E-state index contributed by atoms with van der Waals surface area (Å²) >= 11 is 0. The number of rotatable bonds is 6. The van der Waals surface area contributed by atoms with Crippen LogP contribution in [-0.4, -0.2) is 18.0 Å². The first-order valence-corrected chi connectivity index (χ1v) is 9.18. The number of nitrogens with zero attached hydrogens (tertiary/aromatic N) is 1. The second-order valence-electron chi connectivity index (χ2n) is 6.48. The molecule has 0 aliphatic heterocycles. The zero-order valence-corrected chi connectivity index (χ0v) is 16.3. The molecule has 0 heterocycles. The van der Waals surface area contributed by atoms with Gasteiger partial charge in [-0.15, -0.1) is 0 Å². The Morgan fingerprint density at radius 3 is 2.60 bits per heavy atom. The highest BCUT2D eigenvalue weighted by Gasteiger charge is 2.13. The van der Waals surface area contributed by atoms with Crippen LogP contribution in [0.1, 0.15) is 16.7 Å². The molecule has 0 spiro atoms. The Labute approximate surface area is 173 Å². The van der Waals surface area contributed by atoms with Crippen LogP contribution < -0.4 is 15.5 Å². The molecule has 2 N–H and O–H groups in total. The van der Waals surface area contributed by atoms with Crippen molar-refractivity contribution in [2.45, 2.75) is 13.5 Å². The van der Waals surface area contributed by atoms with E-state index in [2.05, 4.69) is 15.8 Å².